The molecule has 0 aliphatic carbocycles. The van der Waals surface area contributed by atoms with Crippen LogP contribution in [0.25, 0.3) is 16.7 Å². The molecule has 5 heterocycles. The second kappa shape index (κ2) is 6.10. The molecule has 29 heavy (non-hydrogen) atoms. The summed E-state index contributed by atoms with van der Waals surface area (Å²) in [4.78, 5) is 13.3. The average Bonchev–Trinajstić information content (AvgIpc) is 3.23. The monoisotopic (exact) mass is 392 g/mol. The predicted molar refractivity (Wildman–Crippen MR) is 110 cm³/mol. The van der Waals surface area contributed by atoms with Gasteiger partial charge in [-0.1, -0.05) is 20.8 Å². The van der Waals surface area contributed by atoms with Crippen molar-refractivity contribution in [3.05, 3.63) is 30.5 Å². The molecular formula is C19H24N10. The van der Waals surface area contributed by atoms with Crippen LogP contribution in [0.2, 0.25) is 0 Å². The molecule has 0 saturated carbocycles. The van der Waals surface area contributed by atoms with E-state index in [0.717, 1.165) is 47.2 Å². The molecule has 0 bridgehead atoms. The van der Waals surface area contributed by atoms with Crippen molar-refractivity contribution in [3.8, 4) is 0 Å². The summed E-state index contributed by atoms with van der Waals surface area (Å²) in [5, 5.41) is 18.7. The van der Waals surface area contributed by atoms with E-state index in [9.17, 15) is 0 Å². The molecule has 0 atom stereocenters. The number of aryl methyl sites for hydroxylation is 1. The lowest BCUT2D eigenvalue weighted by molar-refractivity contribution is 0.483. The van der Waals surface area contributed by atoms with Gasteiger partial charge < -0.3 is 9.80 Å². The van der Waals surface area contributed by atoms with Crippen LogP contribution in [0, 0.1) is 0 Å². The zero-order chi connectivity index (χ0) is 20.3. The SMILES string of the molecule is CN(c1ncnc2c1cnn2C)C1CN(c2ccc3nnc(C(C)(C)C)n3n2)C1. The van der Waals surface area contributed by atoms with Crippen molar-refractivity contribution in [2.75, 3.05) is 29.9 Å². The lowest BCUT2D eigenvalue weighted by Gasteiger charge is -2.45. The van der Waals surface area contributed by atoms with Gasteiger partial charge in [-0.15, -0.1) is 15.3 Å². The first-order valence-corrected chi connectivity index (χ1v) is 9.66. The zero-order valence-corrected chi connectivity index (χ0v) is 17.3. The van der Waals surface area contributed by atoms with Crippen LogP contribution in [0.4, 0.5) is 11.6 Å². The highest BCUT2D eigenvalue weighted by Gasteiger charge is 2.33. The Morgan fingerprint density at radius 3 is 2.66 bits per heavy atom. The highest BCUT2D eigenvalue weighted by atomic mass is 15.4. The molecule has 4 aromatic rings. The Kier molecular flexibility index (Phi) is 3.74. The van der Waals surface area contributed by atoms with Crippen molar-refractivity contribution in [2.24, 2.45) is 7.05 Å². The highest BCUT2D eigenvalue weighted by Crippen LogP contribution is 2.28. The third-order valence-corrected chi connectivity index (χ3v) is 5.50. The Balaban J connectivity index is 1.37. The minimum absolute atomic E-state index is 0.120. The van der Waals surface area contributed by atoms with E-state index in [1.165, 1.54) is 0 Å². The number of hydrogen-bond donors (Lipinski definition) is 0. The lowest BCUT2D eigenvalue weighted by atomic mass is 9.96. The molecule has 1 aliphatic heterocycles. The first-order valence-electron chi connectivity index (χ1n) is 9.66. The molecule has 150 valence electrons. The summed E-state index contributed by atoms with van der Waals surface area (Å²) in [6.07, 6.45) is 3.43. The van der Waals surface area contributed by atoms with E-state index in [2.05, 4.69) is 62.9 Å². The first-order chi connectivity index (χ1) is 13.8. The molecule has 0 spiro atoms. The third-order valence-electron chi connectivity index (χ3n) is 5.50. The number of fused-ring (bicyclic) bond motifs is 2. The van der Waals surface area contributed by atoms with Gasteiger partial charge in [0.25, 0.3) is 0 Å². The molecule has 0 aromatic carbocycles. The van der Waals surface area contributed by atoms with Gasteiger partial charge in [0.1, 0.15) is 18.0 Å². The predicted octanol–water partition coefficient (Wildman–Crippen LogP) is 1.42. The summed E-state index contributed by atoms with van der Waals surface area (Å²) in [5.41, 5.74) is 1.49. The zero-order valence-electron chi connectivity index (χ0n) is 17.3. The van der Waals surface area contributed by atoms with E-state index in [1.54, 1.807) is 11.0 Å². The van der Waals surface area contributed by atoms with Crippen molar-refractivity contribution < 1.29 is 0 Å². The number of anilines is 2. The maximum atomic E-state index is 4.80. The fourth-order valence-electron chi connectivity index (χ4n) is 3.71. The summed E-state index contributed by atoms with van der Waals surface area (Å²) < 4.78 is 3.63. The van der Waals surface area contributed by atoms with E-state index in [-0.39, 0.29) is 5.41 Å². The van der Waals surface area contributed by atoms with E-state index in [4.69, 9.17) is 5.10 Å². The number of hydrogen-bond acceptors (Lipinski definition) is 8. The lowest BCUT2D eigenvalue weighted by Crippen LogP contribution is -2.59. The number of aromatic nitrogens is 8. The molecule has 0 N–H and O–H groups in total. The van der Waals surface area contributed by atoms with Crippen molar-refractivity contribution in [2.45, 2.75) is 32.2 Å². The average molecular weight is 392 g/mol. The maximum Gasteiger partial charge on any atom is 0.178 e. The Bertz CT molecular complexity index is 1190. The van der Waals surface area contributed by atoms with Crippen molar-refractivity contribution in [1.29, 1.82) is 0 Å². The number of likely N-dealkylation sites (N-methyl/N-ethyl adjacent to an activating group) is 1. The number of rotatable bonds is 3. The minimum Gasteiger partial charge on any atom is -0.352 e. The third kappa shape index (κ3) is 2.78. The molecule has 0 unspecified atom stereocenters. The first kappa shape index (κ1) is 17.8. The smallest absolute Gasteiger partial charge is 0.178 e. The van der Waals surface area contributed by atoms with Gasteiger partial charge in [0, 0.05) is 32.6 Å². The summed E-state index contributed by atoms with van der Waals surface area (Å²) >= 11 is 0. The van der Waals surface area contributed by atoms with E-state index in [0.29, 0.717) is 6.04 Å². The van der Waals surface area contributed by atoms with Crippen LogP contribution in [-0.4, -0.2) is 65.7 Å². The van der Waals surface area contributed by atoms with Gasteiger partial charge in [-0.05, 0) is 12.1 Å². The van der Waals surface area contributed by atoms with Crippen LogP contribution in [0.15, 0.2) is 24.7 Å². The molecule has 5 rings (SSSR count). The van der Waals surface area contributed by atoms with Crippen LogP contribution < -0.4 is 9.80 Å². The molecule has 4 aromatic heterocycles. The second-order valence-electron chi connectivity index (χ2n) is 8.61. The van der Waals surface area contributed by atoms with Gasteiger partial charge in [0.15, 0.2) is 17.1 Å². The molecule has 1 aliphatic rings. The van der Waals surface area contributed by atoms with Gasteiger partial charge >= 0.3 is 0 Å². The molecule has 10 heteroatoms. The molecule has 1 fully saturated rings. The van der Waals surface area contributed by atoms with Crippen LogP contribution >= 0.6 is 0 Å². The van der Waals surface area contributed by atoms with E-state index < -0.39 is 0 Å². The van der Waals surface area contributed by atoms with Crippen molar-refractivity contribution >= 4 is 28.3 Å². The van der Waals surface area contributed by atoms with Gasteiger partial charge in [-0.25, -0.2) is 9.97 Å². The van der Waals surface area contributed by atoms with Gasteiger partial charge in [0.2, 0.25) is 0 Å². The normalized spacial score (nSPS) is 15.3. The van der Waals surface area contributed by atoms with Crippen molar-refractivity contribution in [3.63, 3.8) is 0 Å². The van der Waals surface area contributed by atoms with Gasteiger partial charge in [-0.3, -0.25) is 4.68 Å². The van der Waals surface area contributed by atoms with E-state index in [1.807, 2.05) is 29.9 Å². The van der Waals surface area contributed by atoms with Crippen LogP contribution in [0.1, 0.15) is 26.6 Å². The van der Waals surface area contributed by atoms with Gasteiger partial charge in [0.05, 0.1) is 17.6 Å². The largest absolute Gasteiger partial charge is 0.352 e. The summed E-state index contributed by atoms with van der Waals surface area (Å²) in [5.74, 6) is 2.70. The Morgan fingerprint density at radius 1 is 1.10 bits per heavy atom. The van der Waals surface area contributed by atoms with Crippen LogP contribution in [0.5, 0.6) is 0 Å². The van der Waals surface area contributed by atoms with Crippen molar-refractivity contribution in [1.82, 2.24) is 39.6 Å². The second-order valence-corrected chi connectivity index (χ2v) is 8.61. The van der Waals surface area contributed by atoms with Crippen LogP contribution in [-0.2, 0) is 12.5 Å². The summed E-state index contributed by atoms with van der Waals surface area (Å²) in [6.45, 7) is 8.09. The minimum atomic E-state index is -0.120. The standard InChI is InChI=1S/C19H24N10/c1-19(2,3)18-24-23-14-6-7-15(25-29(14)18)28-9-12(10-28)26(4)16-13-8-22-27(5)17(13)21-11-20-16/h6-8,11-12H,9-10H2,1-5H3. The molecule has 10 nitrogen and oxygen atoms in total. The van der Waals surface area contributed by atoms with Crippen LogP contribution in [0.3, 0.4) is 0 Å². The Labute approximate surface area is 168 Å². The summed E-state index contributed by atoms with van der Waals surface area (Å²) in [7, 11) is 3.97. The topological polar surface area (TPSA) is 93.2 Å². The molecule has 0 radical (unpaired) electrons. The Morgan fingerprint density at radius 2 is 1.90 bits per heavy atom. The quantitative estimate of drug-likeness (QED) is 0.517. The molecular weight excluding hydrogens is 368 g/mol. The maximum absolute atomic E-state index is 4.80. The summed E-state index contributed by atoms with van der Waals surface area (Å²) in [6, 6.07) is 4.33. The fourth-order valence-corrected chi connectivity index (χ4v) is 3.71. The molecule has 0 amide bonds. The number of nitrogens with zero attached hydrogens (tertiary/aromatic N) is 10. The Hall–Kier alpha value is -3.30. The fraction of sp³-hybridized carbons (Fsp3) is 0.474. The van der Waals surface area contributed by atoms with Gasteiger partial charge in [-0.2, -0.15) is 9.61 Å². The highest BCUT2D eigenvalue weighted by molar-refractivity contribution is 5.86. The van der Waals surface area contributed by atoms with E-state index >= 15 is 0 Å². The molecule has 1 saturated heterocycles.